The van der Waals surface area contributed by atoms with Gasteiger partial charge in [-0.25, -0.2) is 0 Å². The minimum atomic E-state index is -0.824. The highest BCUT2D eigenvalue weighted by Gasteiger charge is 2.19. The van der Waals surface area contributed by atoms with Crippen LogP contribution in [0.5, 0.6) is 0 Å². The quantitative estimate of drug-likeness (QED) is 0.0262. The molecule has 6 heteroatoms. The van der Waals surface area contributed by atoms with Crippen molar-refractivity contribution in [2.75, 3.05) is 13.2 Å². The molecule has 6 nitrogen and oxygen atoms in total. The van der Waals surface area contributed by atoms with Crippen LogP contribution in [0.25, 0.3) is 0 Å². The summed E-state index contributed by atoms with van der Waals surface area (Å²) in [4.78, 5) is 38.1. The van der Waals surface area contributed by atoms with E-state index in [1.165, 1.54) is 51.4 Å². The molecule has 0 spiro atoms. The summed E-state index contributed by atoms with van der Waals surface area (Å²) in [6.07, 6.45) is 82.7. The molecule has 0 saturated heterocycles. The van der Waals surface area contributed by atoms with Gasteiger partial charge in [-0.05, 0) is 122 Å². The highest BCUT2D eigenvalue weighted by molar-refractivity contribution is 5.71. The van der Waals surface area contributed by atoms with Crippen molar-refractivity contribution in [3.8, 4) is 0 Å². The smallest absolute Gasteiger partial charge is 0.306 e. The van der Waals surface area contributed by atoms with Crippen molar-refractivity contribution in [1.82, 2.24) is 0 Å². The second kappa shape index (κ2) is 57.9. The molecule has 398 valence electrons. The second-order valence-electron chi connectivity index (χ2n) is 18.1. The van der Waals surface area contributed by atoms with Crippen molar-refractivity contribution in [3.05, 3.63) is 146 Å². The molecule has 0 radical (unpaired) electrons. The fraction of sp³-hybridized carbons (Fsp3) is 0.585. The zero-order valence-electron chi connectivity index (χ0n) is 45.4. The first-order chi connectivity index (χ1) is 35.0. The molecule has 0 bridgehead atoms. The van der Waals surface area contributed by atoms with Crippen LogP contribution >= 0.6 is 0 Å². The van der Waals surface area contributed by atoms with Gasteiger partial charge in [0.25, 0.3) is 0 Å². The Morgan fingerprint density at radius 2 is 0.549 bits per heavy atom. The Labute approximate surface area is 436 Å². The monoisotopic (exact) mass is 979 g/mol. The van der Waals surface area contributed by atoms with E-state index >= 15 is 0 Å². The van der Waals surface area contributed by atoms with Gasteiger partial charge in [0.05, 0.1) is 0 Å². The van der Waals surface area contributed by atoms with Gasteiger partial charge in [0.15, 0.2) is 6.10 Å². The molecule has 0 aliphatic carbocycles. The lowest BCUT2D eigenvalue weighted by atomic mass is 10.1. The number of allylic oxidation sites excluding steroid dienone is 24. The minimum absolute atomic E-state index is 0.114. The summed E-state index contributed by atoms with van der Waals surface area (Å²) in [5, 5.41) is 0. The first-order valence-electron chi connectivity index (χ1n) is 28.3. The first-order valence-corrected chi connectivity index (χ1v) is 28.3. The van der Waals surface area contributed by atoms with Crippen LogP contribution in [-0.4, -0.2) is 37.2 Å². The Morgan fingerprint density at radius 1 is 0.296 bits per heavy atom. The number of carbonyl (C=O) groups excluding carboxylic acids is 3. The van der Waals surface area contributed by atoms with Gasteiger partial charge in [-0.1, -0.05) is 231 Å². The van der Waals surface area contributed by atoms with Crippen LogP contribution in [0.15, 0.2) is 146 Å². The van der Waals surface area contributed by atoms with Crippen LogP contribution in [0.2, 0.25) is 0 Å². The van der Waals surface area contributed by atoms with Gasteiger partial charge in [-0.3, -0.25) is 14.4 Å². The molecular weight excluding hydrogens is 877 g/mol. The van der Waals surface area contributed by atoms with Crippen molar-refractivity contribution >= 4 is 17.9 Å². The lowest BCUT2D eigenvalue weighted by Crippen LogP contribution is -2.30. The number of ether oxygens (including phenoxy) is 3. The fourth-order valence-corrected chi connectivity index (χ4v) is 7.15. The van der Waals surface area contributed by atoms with Crippen molar-refractivity contribution in [2.45, 2.75) is 232 Å². The van der Waals surface area contributed by atoms with Gasteiger partial charge in [-0.15, -0.1) is 0 Å². The van der Waals surface area contributed by atoms with E-state index in [0.717, 1.165) is 122 Å². The number of hydrogen-bond donors (Lipinski definition) is 0. The summed E-state index contributed by atoms with van der Waals surface area (Å²) in [5.74, 6) is -1.01. The van der Waals surface area contributed by atoms with Gasteiger partial charge < -0.3 is 14.2 Å². The molecule has 71 heavy (non-hydrogen) atoms. The molecule has 0 aromatic heterocycles. The number of rotatable bonds is 49. The van der Waals surface area contributed by atoms with Crippen LogP contribution in [-0.2, 0) is 28.6 Å². The Balaban J connectivity index is 4.54. The SMILES string of the molecule is CC/C=C\C/C=C\C/C=C\C/C=C\C/C=C\C/C=C\CCCCC(=O)OCC(COC(=O)CCCCCCCCCCCCC)OC(=O)CCCC/C=C\C/C=C\C/C=C\C/C=C\C/C=C\C/C=C\CC. The molecule has 1 atom stereocenters. The number of carbonyl (C=O) groups is 3. The molecular formula is C65H102O6. The zero-order chi connectivity index (χ0) is 51.4. The summed E-state index contributed by atoms with van der Waals surface area (Å²) in [6.45, 7) is 6.32. The van der Waals surface area contributed by atoms with Crippen LogP contribution in [0, 0.1) is 0 Å². The van der Waals surface area contributed by atoms with E-state index in [1.54, 1.807) is 0 Å². The van der Waals surface area contributed by atoms with Gasteiger partial charge in [-0.2, -0.15) is 0 Å². The Morgan fingerprint density at radius 3 is 0.859 bits per heavy atom. The first kappa shape index (κ1) is 66.3. The largest absolute Gasteiger partial charge is 0.462 e. The minimum Gasteiger partial charge on any atom is -0.462 e. The van der Waals surface area contributed by atoms with E-state index in [2.05, 4.69) is 167 Å². The van der Waals surface area contributed by atoms with E-state index in [9.17, 15) is 14.4 Å². The van der Waals surface area contributed by atoms with Gasteiger partial charge in [0, 0.05) is 19.3 Å². The lowest BCUT2D eigenvalue weighted by Gasteiger charge is -2.18. The lowest BCUT2D eigenvalue weighted by molar-refractivity contribution is -0.167. The van der Waals surface area contributed by atoms with Crippen LogP contribution < -0.4 is 0 Å². The maximum Gasteiger partial charge on any atom is 0.306 e. The predicted molar refractivity (Wildman–Crippen MR) is 306 cm³/mol. The summed E-state index contributed by atoms with van der Waals surface area (Å²) in [5.41, 5.74) is 0. The van der Waals surface area contributed by atoms with E-state index in [1.807, 2.05) is 0 Å². The molecule has 0 saturated carbocycles. The molecule has 0 aliphatic heterocycles. The van der Waals surface area contributed by atoms with E-state index in [4.69, 9.17) is 14.2 Å². The van der Waals surface area contributed by atoms with Crippen LogP contribution in [0.4, 0.5) is 0 Å². The highest BCUT2D eigenvalue weighted by atomic mass is 16.6. The van der Waals surface area contributed by atoms with Crippen molar-refractivity contribution in [2.24, 2.45) is 0 Å². The van der Waals surface area contributed by atoms with E-state index < -0.39 is 6.10 Å². The van der Waals surface area contributed by atoms with Crippen molar-refractivity contribution in [3.63, 3.8) is 0 Å². The normalized spacial score (nSPS) is 13.2. The van der Waals surface area contributed by atoms with Crippen molar-refractivity contribution < 1.29 is 28.6 Å². The van der Waals surface area contributed by atoms with E-state index in [0.29, 0.717) is 19.3 Å². The molecule has 0 rings (SSSR count). The maximum absolute atomic E-state index is 12.8. The summed E-state index contributed by atoms with van der Waals surface area (Å²) < 4.78 is 16.8. The molecule has 0 aliphatic rings. The average Bonchev–Trinajstić information content (AvgIpc) is 3.37. The Bertz CT molecular complexity index is 1590. The molecule has 0 amide bonds. The zero-order valence-corrected chi connectivity index (χ0v) is 45.4. The third-order valence-electron chi connectivity index (χ3n) is 11.3. The van der Waals surface area contributed by atoms with E-state index in [-0.39, 0.29) is 44.0 Å². The molecule has 1 unspecified atom stereocenters. The number of unbranched alkanes of at least 4 members (excludes halogenated alkanes) is 14. The topological polar surface area (TPSA) is 78.9 Å². The molecule has 0 N–H and O–H groups in total. The number of esters is 3. The van der Waals surface area contributed by atoms with Gasteiger partial charge in [0.2, 0.25) is 0 Å². The van der Waals surface area contributed by atoms with Crippen LogP contribution in [0.3, 0.4) is 0 Å². The maximum atomic E-state index is 12.8. The van der Waals surface area contributed by atoms with Crippen molar-refractivity contribution in [1.29, 1.82) is 0 Å². The summed E-state index contributed by atoms with van der Waals surface area (Å²) >= 11 is 0. The summed E-state index contributed by atoms with van der Waals surface area (Å²) in [6, 6.07) is 0. The Kier molecular flexibility index (Phi) is 54.0. The fourth-order valence-electron chi connectivity index (χ4n) is 7.15. The third kappa shape index (κ3) is 56.1. The third-order valence-corrected chi connectivity index (χ3v) is 11.3. The standard InChI is InChI=1S/C65H102O6/c1-4-7-10-13-16-19-22-24-26-28-30-32-34-36-38-40-43-46-49-52-55-58-64(67)70-61-62(60-69-63(66)57-54-51-48-45-42-21-18-15-12-9-6-3)71-65(68)59-56-53-50-47-44-41-39-37-35-33-31-29-27-25-23-20-17-14-11-8-5-2/h7-8,10-11,16-17,19-20,24-27,30-33,36-39,43-44,46-47,62H,4-6,9,12-15,18,21-23,28-29,34-35,40-42,45,48-61H2,1-3H3/b10-7-,11-8-,19-16-,20-17-,26-24-,27-25-,32-30-,33-31-,38-36-,39-37-,46-43-,47-44-. The molecule has 0 fully saturated rings. The van der Waals surface area contributed by atoms with Gasteiger partial charge >= 0.3 is 17.9 Å². The van der Waals surface area contributed by atoms with Gasteiger partial charge in [0.1, 0.15) is 13.2 Å². The Hall–Kier alpha value is -4.71. The summed E-state index contributed by atoms with van der Waals surface area (Å²) in [7, 11) is 0. The predicted octanol–water partition coefficient (Wildman–Crippen LogP) is 19.2. The average molecular weight is 980 g/mol. The molecule has 0 heterocycles. The van der Waals surface area contributed by atoms with Crippen LogP contribution in [0.1, 0.15) is 226 Å². The molecule has 0 aromatic carbocycles. The highest BCUT2D eigenvalue weighted by Crippen LogP contribution is 2.13. The number of hydrogen-bond acceptors (Lipinski definition) is 6. The second-order valence-corrected chi connectivity index (χ2v) is 18.1. The molecule has 0 aromatic rings.